The predicted octanol–water partition coefficient (Wildman–Crippen LogP) is 3.46. The molecule has 0 saturated heterocycles. The third-order valence-electron chi connectivity index (χ3n) is 2.56. The molecular weight excluding hydrogens is 328 g/mol. The summed E-state index contributed by atoms with van der Waals surface area (Å²) in [5, 5.41) is 0.798. The van der Waals surface area contributed by atoms with Crippen molar-refractivity contribution < 1.29 is 9.53 Å². The minimum Gasteiger partial charge on any atom is -0.455 e. The summed E-state index contributed by atoms with van der Waals surface area (Å²) in [7, 11) is 0. The first-order chi connectivity index (χ1) is 8.95. The SMILES string of the molecule is Cc1nc(COC(=O)c2cc(N)cc(Br)c2)sc1C. The Bertz CT molecular complexity index is 585. The lowest BCUT2D eigenvalue weighted by Gasteiger charge is -2.04. The van der Waals surface area contributed by atoms with Gasteiger partial charge in [-0.1, -0.05) is 15.9 Å². The Balaban J connectivity index is 2.05. The number of esters is 1. The molecule has 0 aliphatic carbocycles. The Morgan fingerprint density at radius 3 is 2.74 bits per heavy atom. The van der Waals surface area contributed by atoms with Crippen molar-refractivity contribution in [3.8, 4) is 0 Å². The minimum absolute atomic E-state index is 0.185. The Labute approximate surface area is 123 Å². The van der Waals surface area contributed by atoms with Gasteiger partial charge < -0.3 is 10.5 Å². The van der Waals surface area contributed by atoms with Gasteiger partial charge in [-0.3, -0.25) is 0 Å². The van der Waals surface area contributed by atoms with E-state index in [0.717, 1.165) is 20.1 Å². The third-order valence-corrected chi connectivity index (χ3v) is 4.06. The van der Waals surface area contributed by atoms with E-state index in [1.165, 1.54) is 11.3 Å². The first-order valence-electron chi connectivity index (χ1n) is 5.62. The molecule has 0 saturated carbocycles. The second-order valence-corrected chi connectivity index (χ2v) is 6.30. The van der Waals surface area contributed by atoms with Crippen LogP contribution in [0.25, 0.3) is 0 Å². The molecule has 1 aromatic carbocycles. The van der Waals surface area contributed by atoms with Crippen molar-refractivity contribution in [3.05, 3.63) is 43.8 Å². The van der Waals surface area contributed by atoms with Crippen molar-refractivity contribution in [2.24, 2.45) is 0 Å². The third kappa shape index (κ3) is 3.54. The van der Waals surface area contributed by atoms with E-state index >= 15 is 0 Å². The van der Waals surface area contributed by atoms with Crippen LogP contribution in [0.3, 0.4) is 0 Å². The van der Waals surface area contributed by atoms with Gasteiger partial charge in [-0.25, -0.2) is 9.78 Å². The highest BCUT2D eigenvalue weighted by atomic mass is 79.9. The predicted molar refractivity (Wildman–Crippen MR) is 79.3 cm³/mol. The van der Waals surface area contributed by atoms with Crippen LogP contribution in [-0.4, -0.2) is 11.0 Å². The van der Waals surface area contributed by atoms with Gasteiger partial charge in [0, 0.05) is 15.0 Å². The standard InChI is InChI=1S/C13H13BrN2O2S/c1-7-8(2)19-12(16-7)6-18-13(17)9-3-10(14)5-11(15)4-9/h3-5H,6,15H2,1-2H3. The first-order valence-corrected chi connectivity index (χ1v) is 7.23. The largest absolute Gasteiger partial charge is 0.455 e. The number of nitrogen functional groups attached to an aromatic ring is 1. The molecule has 100 valence electrons. The van der Waals surface area contributed by atoms with E-state index in [4.69, 9.17) is 10.5 Å². The van der Waals surface area contributed by atoms with Gasteiger partial charge in [-0.05, 0) is 32.0 Å². The number of thiazole rings is 1. The number of halogens is 1. The Hall–Kier alpha value is -1.40. The molecule has 0 fully saturated rings. The fourth-order valence-electron chi connectivity index (χ4n) is 1.54. The topological polar surface area (TPSA) is 65.2 Å². The molecule has 2 N–H and O–H groups in total. The van der Waals surface area contributed by atoms with Gasteiger partial charge in [-0.15, -0.1) is 11.3 Å². The molecule has 19 heavy (non-hydrogen) atoms. The molecule has 0 aliphatic heterocycles. The number of benzene rings is 1. The van der Waals surface area contributed by atoms with Gasteiger partial charge in [0.1, 0.15) is 11.6 Å². The molecule has 0 aliphatic rings. The van der Waals surface area contributed by atoms with E-state index < -0.39 is 5.97 Å². The van der Waals surface area contributed by atoms with E-state index in [-0.39, 0.29) is 6.61 Å². The number of anilines is 1. The molecule has 0 atom stereocenters. The number of aromatic nitrogens is 1. The monoisotopic (exact) mass is 340 g/mol. The molecule has 2 aromatic rings. The second kappa shape index (κ2) is 5.71. The second-order valence-electron chi connectivity index (χ2n) is 4.10. The summed E-state index contributed by atoms with van der Waals surface area (Å²) >= 11 is 4.83. The van der Waals surface area contributed by atoms with Crippen LogP contribution < -0.4 is 5.73 Å². The normalized spacial score (nSPS) is 10.5. The van der Waals surface area contributed by atoms with Crippen molar-refractivity contribution in [3.63, 3.8) is 0 Å². The number of hydrogen-bond acceptors (Lipinski definition) is 5. The zero-order valence-corrected chi connectivity index (χ0v) is 13.0. The molecular formula is C13H13BrN2O2S. The number of rotatable bonds is 3. The maximum absolute atomic E-state index is 11.9. The summed E-state index contributed by atoms with van der Waals surface area (Å²) in [6, 6.07) is 4.99. The Kier molecular flexibility index (Phi) is 4.21. The van der Waals surface area contributed by atoms with Crippen LogP contribution in [0.15, 0.2) is 22.7 Å². The van der Waals surface area contributed by atoms with Crippen LogP contribution in [0.1, 0.15) is 25.9 Å². The van der Waals surface area contributed by atoms with Gasteiger partial charge >= 0.3 is 5.97 Å². The molecule has 2 rings (SSSR count). The number of nitrogens with zero attached hydrogens (tertiary/aromatic N) is 1. The molecule has 1 heterocycles. The molecule has 0 radical (unpaired) electrons. The smallest absolute Gasteiger partial charge is 0.338 e. The molecule has 0 amide bonds. The zero-order valence-electron chi connectivity index (χ0n) is 10.6. The lowest BCUT2D eigenvalue weighted by atomic mass is 10.2. The van der Waals surface area contributed by atoms with Gasteiger partial charge in [0.2, 0.25) is 0 Å². The van der Waals surface area contributed by atoms with Crippen molar-refractivity contribution in [2.75, 3.05) is 5.73 Å². The highest BCUT2D eigenvalue weighted by Crippen LogP contribution is 2.20. The fraction of sp³-hybridized carbons (Fsp3) is 0.231. The van der Waals surface area contributed by atoms with Crippen molar-refractivity contribution in [1.82, 2.24) is 4.98 Å². The number of hydrogen-bond donors (Lipinski definition) is 1. The van der Waals surface area contributed by atoms with Crippen LogP contribution in [0, 0.1) is 13.8 Å². The Morgan fingerprint density at radius 1 is 1.42 bits per heavy atom. The zero-order chi connectivity index (χ0) is 14.0. The number of nitrogens with two attached hydrogens (primary N) is 1. The van der Waals surface area contributed by atoms with Crippen LogP contribution in [-0.2, 0) is 11.3 Å². The van der Waals surface area contributed by atoms with Crippen LogP contribution in [0.5, 0.6) is 0 Å². The average molecular weight is 341 g/mol. The minimum atomic E-state index is -0.404. The van der Waals surface area contributed by atoms with Crippen molar-refractivity contribution in [2.45, 2.75) is 20.5 Å². The van der Waals surface area contributed by atoms with E-state index in [2.05, 4.69) is 20.9 Å². The number of carbonyl (C=O) groups is 1. The summed E-state index contributed by atoms with van der Waals surface area (Å²) < 4.78 is 5.98. The molecule has 1 aromatic heterocycles. The molecule has 0 unspecified atom stereocenters. The molecule has 6 heteroatoms. The van der Waals surface area contributed by atoms with Crippen LogP contribution >= 0.6 is 27.3 Å². The number of ether oxygens (including phenoxy) is 1. The number of aryl methyl sites for hydroxylation is 2. The van der Waals surface area contributed by atoms with Crippen molar-refractivity contribution in [1.29, 1.82) is 0 Å². The van der Waals surface area contributed by atoms with Crippen LogP contribution in [0.4, 0.5) is 5.69 Å². The Morgan fingerprint density at radius 2 is 2.16 bits per heavy atom. The van der Waals surface area contributed by atoms with E-state index in [9.17, 15) is 4.79 Å². The van der Waals surface area contributed by atoms with E-state index in [1.54, 1.807) is 18.2 Å². The van der Waals surface area contributed by atoms with Crippen molar-refractivity contribution >= 4 is 38.9 Å². The van der Waals surface area contributed by atoms with Gasteiger partial charge in [-0.2, -0.15) is 0 Å². The first kappa shape index (κ1) is 14.0. The maximum Gasteiger partial charge on any atom is 0.338 e. The van der Waals surface area contributed by atoms with E-state index in [1.807, 2.05) is 13.8 Å². The van der Waals surface area contributed by atoms with E-state index in [0.29, 0.717) is 11.3 Å². The lowest BCUT2D eigenvalue weighted by Crippen LogP contribution is -2.06. The number of carbonyl (C=O) groups excluding carboxylic acids is 1. The molecule has 4 nitrogen and oxygen atoms in total. The summed E-state index contributed by atoms with van der Waals surface area (Å²) in [5.41, 5.74) is 7.60. The summed E-state index contributed by atoms with van der Waals surface area (Å²) in [5.74, 6) is -0.404. The summed E-state index contributed by atoms with van der Waals surface area (Å²) in [4.78, 5) is 17.3. The van der Waals surface area contributed by atoms with Gasteiger partial charge in [0.15, 0.2) is 0 Å². The molecule has 0 bridgehead atoms. The average Bonchev–Trinajstić information content (AvgIpc) is 2.64. The quantitative estimate of drug-likeness (QED) is 0.686. The fourth-order valence-corrected chi connectivity index (χ4v) is 2.90. The highest BCUT2D eigenvalue weighted by Gasteiger charge is 2.11. The summed E-state index contributed by atoms with van der Waals surface area (Å²) in [6.07, 6.45) is 0. The highest BCUT2D eigenvalue weighted by molar-refractivity contribution is 9.10. The van der Waals surface area contributed by atoms with Crippen LogP contribution in [0.2, 0.25) is 0 Å². The lowest BCUT2D eigenvalue weighted by molar-refractivity contribution is 0.0472. The summed E-state index contributed by atoms with van der Waals surface area (Å²) in [6.45, 7) is 4.12. The van der Waals surface area contributed by atoms with Gasteiger partial charge in [0.05, 0.1) is 11.3 Å². The molecule has 0 spiro atoms. The maximum atomic E-state index is 11.9. The van der Waals surface area contributed by atoms with Gasteiger partial charge in [0.25, 0.3) is 0 Å².